The minimum Gasteiger partial charge on any atom is -0.372 e. The van der Waals surface area contributed by atoms with Crippen LogP contribution in [0.15, 0.2) is 42.1 Å². The van der Waals surface area contributed by atoms with Gasteiger partial charge in [-0.15, -0.1) is 0 Å². The summed E-state index contributed by atoms with van der Waals surface area (Å²) in [6.45, 7) is 6.13. The summed E-state index contributed by atoms with van der Waals surface area (Å²) in [5.74, 6) is -0.372. The van der Waals surface area contributed by atoms with Gasteiger partial charge in [0.15, 0.2) is 0 Å². The van der Waals surface area contributed by atoms with Gasteiger partial charge >= 0.3 is 0 Å². The fraction of sp³-hybridized carbons (Fsp3) is 0.531. The summed E-state index contributed by atoms with van der Waals surface area (Å²) in [5, 5.41) is 6.57. The zero-order chi connectivity index (χ0) is 28.7. The molecular formula is C32H41ClFN3O3. The summed E-state index contributed by atoms with van der Waals surface area (Å²) in [5.41, 5.74) is 4.04. The molecule has 2 aromatic rings. The highest BCUT2D eigenvalue weighted by Gasteiger charge is 2.39. The van der Waals surface area contributed by atoms with Gasteiger partial charge in [0.2, 0.25) is 11.8 Å². The molecule has 2 heterocycles. The van der Waals surface area contributed by atoms with Crippen LogP contribution in [0.1, 0.15) is 101 Å². The molecule has 40 heavy (non-hydrogen) atoms. The van der Waals surface area contributed by atoms with E-state index in [4.69, 9.17) is 16.3 Å². The number of halogens is 2. The van der Waals surface area contributed by atoms with Gasteiger partial charge in [0.25, 0.3) is 0 Å². The van der Waals surface area contributed by atoms with Crippen LogP contribution in [0.3, 0.4) is 0 Å². The van der Waals surface area contributed by atoms with Gasteiger partial charge in [-0.25, -0.2) is 4.39 Å². The van der Waals surface area contributed by atoms with Crippen LogP contribution in [0.5, 0.6) is 0 Å². The first-order chi connectivity index (χ1) is 19.3. The molecule has 8 heteroatoms. The van der Waals surface area contributed by atoms with Crippen LogP contribution in [0.2, 0.25) is 5.02 Å². The molecule has 1 fully saturated rings. The lowest BCUT2D eigenvalue weighted by Gasteiger charge is -2.33. The zero-order valence-corrected chi connectivity index (χ0v) is 24.6. The van der Waals surface area contributed by atoms with Crippen molar-refractivity contribution in [3.8, 4) is 0 Å². The molecule has 0 radical (unpaired) electrons. The largest absolute Gasteiger partial charge is 0.372 e. The second-order valence-electron chi connectivity index (χ2n) is 11.3. The Morgan fingerprint density at radius 2 is 2.02 bits per heavy atom. The van der Waals surface area contributed by atoms with E-state index in [1.807, 2.05) is 31.2 Å². The first-order valence-corrected chi connectivity index (χ1v) is 14.8. The average molecular weight is 570 g/mol. The van der Waals surface area contributed by atoms with Crippen molar-refractivity contribution < 1.29 is 18.7 Å². The van der Waals surface area contributed by atoms with Crippen LogP contribution < -0.4 is 10.6 Å². The van der Waals surface area contributed by atoms with Gasteiger partial charge in [0.1, 0.15) is 6.67 Å². The zero-order valence-electron chi connectivity index (χ0n) is 23.8. The summed E-state index contributed by atoms with van der Waals surface area (Å²) in [6.07, 6.45) is 8.61. The lowest BCUT2D eigenvalue weighted by atomic mass is 9.74. The molecule has 0 saturated heterocycles. The number of ether oxygens (including phenoxy) is 1. The van der Waals surface area contributed by atoms with Crippen LogP contribution in [-0.2, 0) is 27.5 Å². The lowest BCUT2D eigenvalue weighted by Crippen LogP contribution is -2.43. The molecule has 0 bridgehead atoms. The number of aromatic nitrogens is 1. The van der Waals surface area contributed by atoms with E-state index in [0.29, 0.717) is 36.5 Å². The number of benzene rings is 1. The number of nitrogens with zero attached hydrogens (tertiary/aromatic N) is 1. The second kappa shape index (κ2) is 13.7. The number of hydrogen-bond donors (Lipinski definition) is 2. The van der Waals surface area contributed by atoms with Crippen molar-refractivity contribution in [2.24, 2.45) is 5.41 Å². The molecule has 2 atom stereocenters. The van der Waals surface area contributed by atoms with E-state index in [9.17, 15) is 14.0 Å². The van der Waals surface area contributed by atoms with E-state index >= 15 is 0 Å². The summed E-state index contributed by atoms with van der Waals surface area (Å²) in [6, 6.07) is 9.17. The SMILES string of the molecule is CCC[C@H](C)OCc1ccc(C2=C(C)C(=O)NC(c3cc(CNC(=O)C4(CF)CCCCC4)ccc3Cl)C2)cn1. The fourth-order valence-electron chi connectivity index (χ4n) is 5.73. The first-order valence-electron chi connectivity index (χ1n) is 14.5. The van der Waals surface area contributed by atoms with Gasteiger partial charge in [-0.1, -0.05) is 62.4 Å². The first kappa shape index (κ1) is 30.2. The van der Waals surface area contributed by atoms with Crippen LogP contribution in [0.25, 0.3) is 5.57 Å². The van der Waals surface area contributed by atoms with Gasteiger partial charge in [-0.3, -0.25) is 14.6 Å². The van der Waals surface area contributed by atoms with Crippen LogP contribution in [0, 0.1) is 5.41 Å². The monoisotopic (exact) mass is 569 g/mol. The van der Waals surface area contributed by atoms with E-state index < -0.39 is 12.1 Å². The molecule has 2 aliphatic rings. The summed E-state index contributed by atoms with van der Waals surface area (Å²) >= 11 is 6.61. The van der Waals surface area contributed by atoms with E-state index in [0.717, 1.165) is 60.1 Å². The number of nitrogens with one attached hydrogen (secondary N) is 2. The van der Waals surface area contributed by atoms with Crippen LogP contribution in [-0.4, -0.2) is 29.6 Å². The Morgan fingerprint density at radius 1 is 1.25 bits per heavy atom. The Morgan fingerprint density at radius 3 is 2.70 bits per heavy atom. The smallest absolute Gasteiger partial charge is 0.247 e. The third-order valence-corrected chi connectivity index (χ3v) is 8.67. The van der Waals surface area contributed by atoms with Gasteiger partial charge in [0, 0.05) is 23.3 Å². The van der Waals surface area contributed by atoms with Crippen molar-refractivity contribution in [1.82, 2.24) is 15.6 Å². The standard InChI is InChI=1S/C32H41ClFN3O3/c1-4-8-21(2)40-19-25-11-10-24(18-35-25)26-16-29(37-30(38)22(26)3)27-15-23(9-12-28(27)33)17-36-31(39)32(20-34)13-6-5-7-14-32/h9-12,15,18,21,29H,4-8,13-14,16-17,19-20H2,1-3H3,(H,36,39)(H,37,38)/t21-,29?/m0/s1. The molecule has 2 amide bonds. The maximum Gasteiger partial charge on any atom is 0.247 e. The highest BCUT2D eigenvalue weighted by atomic mass is 35.5. The lowest BCUT2D eigenvalue weighted by molar-refractivity contribution is -0.134. The Bertz CT molecular complexity index is 1220. The van der Waals surface area contributed by atoms with E-state index in [2.05, 4.69) is 29.5 Å². The van der Waals surface area contributed by atoms with Crippen molar-refractivity contribution in [1.29, 1.82) is 0 Å². The number of hydrogen-bond acceptors (Lipinski definition) is 4. The maximum atomic E-state index is 13.9. The third-order valence-electron chi connectivity index (χ3n) is 8.33. The normalized spacial score (nSPS) is 19.7. The molecule has 1 aromatic heterocycles. The molecule has 4 rings (SSSR count). The number of carbonyl (C=O) groups excluding carboxylic acids is 2. The van der Waals surface area contributed by atoms with Gasteiger partial charge in [-0.05, 0) is 73.9 Å². The average Bonchev–Trinajstić information content (AvgIpc) is 2.97. The molecule has 216 valence electrons. The molecule has 2 N–H and O–H groups in total. The molecule has 1 aliphatic carbocycles. The van der Waals surface area contributed by atoms with Crippen molar-refractivity contribution >= 4 is 29.0 Å². The van der Waals surface area contributed by atoms with E-state index in [1.165, 1.54) is 0 Å². The van der Waals surface area contributed by atoms with Crippen LogP contribution >= 0.6 is 11.6 Å². The summed E-state index contributed by atoms with van der Waals surface area (Å²) in [7, 11) is 0. The molecule has 1 aromatic carbocycles. The maximum absolute atomic E-state index is 13.9. The molecule has 1 aliphatic heterocycles. The molecule has 0 spiro atoms. The summed E-state index contributed by atoms with van der Waals surface area (Å²) in [4.78, 5) is 30.5. The van der Waals surface area contributed by atoms with Crippen molar-refractivity contribution in [2.75, 3.05) is 6.67 Å². The van der Waals surface area contributed by atoms with Crippen LogP contribution in [0.4, 0.5) is 4.39 Å². The second-order valence-corrected chi connectivity index (χ2v) is 11.7. The quantitative estimate of drug-likeness (QED) is 0.305. The number of rotatable bonds is 11. The van der Waals surface area contributed by atoms with E-state index in [1.54, 1.807) is 12.3 Å². The Hall–Kier alpha value is -2.77. The van der Waals surface area contributed by atoms with Gasteiger partial charge in [-0.2, -0.15) is 0 Å². The molecule has 1 saturated carbocycles. The Labute approximate surface area is 242 Å². The van der Waals surface area contributed by atoms with Gasteiger partial charge < -0.3 is 15.4 Å². The highest BCUT2D eigenvalue weighted by Crippen LogP contribution is 2.38. The predicted octanol–water partition coefficient (Wildman–Crippen LogP) is 7.01. The third kappa shape index (κ3) is 7.10. The van der Waals surface area contributed by atoms with Crippen molar-refractivity contribution in [2.45, 2.75) is 97.4 Å². The highest BCUT2D eigenvalue weighted by molar-refractivity contribution is 6.31. The molecule has 6 nitrogen and oxygen atoms in total. The van der Waals surface area contributed by atoms with Crippen molar-refractivity contribution in [3.05, 3.63) is 69.5 Å². The molecular weight excluding hydrogens is 529 g/mol. The summed E-state index contributed by atoms with van der Waals surface area (Å²) < 4.78 is 19.8. The number of amides is 2. The van der Waals surface area contributed by atoms with E-state index in [-0.39, 0.29) is 30.5 Å². The number of carbonyl (C=O) groups is 2. The van der Waals surface area contributed by atoms with Crippen molar-refractivity contribution in [3.63, 3.8) is 0 Å². The minimum atomic E-state index is -0.911. The topological polar surface area (TPSA) is 80.3 Å². The molecule has 1 unspecified atom stereocenters. The fourth-order valence-corrected chi connectivity index (χ4v) is 5.98. The minimum absolute atomic E-state index is 0.149. The Balaban J connectivity index is 1.46. The Kier molecular flexibility index (Phi) is 10.4. The number of alkyl halides is 1. The number of pyridine rings is 1. The predicted molar refractivity (Wildman–Crippen MR) is 156 cm³/mol. The van der Waals surface area contributed by atoms with Gasteiger partial charge in [0.05, 0.1) is 29.9 Å².